The molecule has 1 aliphatic rings. The smallest absolute Gasteiger partial charge is 0.231 e. The van der Waals surface area contributed by atoms with Crippen molar-refractivity contribution in [3.05, 3.63) is 30.6 Å². The van der Waals surface area contributed by atoms with Crippen LogP contribution >= 0.6 is 0 Å². The van der Waals surface area contributed by atoms with Crippen LogP contribution in [-0.4, -0.2) is 27.7 Å². The highest BCUT2D eigenvalue weighted by Gasteiger charge is 2.16. The fraction of sp³-hybridized carbons (Fsp3) is 0.364. The van der Waals surface area contributed by atoms with Gasteiger partial charge in [-0.15, -0.1) is 10.2 Å². The Hall–Kier alpha value is -1.65. The first kappa shape index (κ1) is 9.57. The van der Waals surface area contributed by atoms with E-state index in [4.69, 9.17) is 0 Å². The molecule has 1 saturated heterocycles. The minimum absolute atomic E-state index is 0.269. The fourth-order valence-corrected chi connectivity index (χ4v) is 2.01. The van der Waals surface area contributed by atoms with E-state index < -0.39 is 0 Å². The zero-order valence-corrected chi connectivity index (χ0v) is 8.80. The maximum Gasteiger partial charge on any atom is 0.231 e. The third-order valence-electron chi connectivity index (χ3n) is 2.82. The largest absolute Gasteiger partial charge is 0.340 e. The Morgan fingerprint density at radius 1 is 1.25 bits per heavy atom. The maximum atomic E-state index is 13.2. The molecule has 0 aliphatic carbocycles. The molecule has 0 aromatic carbocycles. The molecule has 0 amide bonds. The first-order valence-corrected chi connectivity index (χ1v) is 5.41. The molecular weight excluding hydrogens is 207 g/mol. The topological polar surface area (TPSA) is 33.4 Å². The molecule has 5 heteroatoms. The van der Waals surface area contributed by atoms with Gasteiger partial charge in [-0.1, -0.05) is 0 Å². The van der Waals surface area contributed by atoms with E-state index in [1.807, 2.05) is 0 Å². The van der Waals surface area contributed by atoms with Crippen LogP contribution < -0.4 is 4.90 Å². The van der Waals surface area contributed by atoms with Crippen molar-refractivity contribution in [1.29, 1.82) is 0 Å². The normalized spacial score (nSPS) is 16.9. The summed E-state index contributed by atoms with van der Waals surface area (Å²) in [6.07, 6.45) is 5.90. The summed E-state index contributed by atoms with van der Waals surface area (Å²) in [6, 6.07) is 3.04. The Morgan fingerprint density at radius 3 is 3.00 bits per heavy atom. The first-order valence-electron chi connectivity index (χ1n) is 5.41. The summed E-state index contributed by atoms with van der Waals surface area (Å²) in [6.45, 7) is 1.81. The van der Waals surface area contributed by atoms with Gasteiger partial charge in [-0.2, -0.15) is 0 Å². The molecule has 16 heavy (non-hydrogen) atoms. The average Bonchev–Trinajstić information content (AvgIpc) is 2.73. The van der Waals surface area contributed by atoms with Gasteiger partial charge in [-0.3, -0.25) is 4.40 Å². The van der Waals surface area contributed by atoms with Crippen molar-refractivity contribution < 1.29 is 4.39 Å². The molecule has 3 rings (SSSR count). The predicted molar refractivity (Wildman–Crippen MR) is 58.7 cm³/mol. The lowest BCUT2D eigenvalue weighted by molar-refractivity contribution is 0.615. The van der Waals surface area contributed by atoms with Crippen LogP contribution in [0.25, 0.3) is 5.65 Å². The van der Waals surface area contributed by atoms with Crippen LogP contribution in [0.1, 0.15) is 12.8 Å². The minimum Gasteiger partial charge on any atom is -0.340 e. The van der Waals surface area contributed by atoms with Crippen molar-refractivity contribution in [3.8, 4) is 0 Å². The van der Waals surface area contributed by atoms with E-state index in [0.29, 0.717) is 5.65 Å². The van der Waals surface area contributed by atoms with Crippen LogP contribution in [0.3, 0.4) is 0 Å². The quantitative estimate of drug-likeness (QED) is 0.731. The summed E-state index contributed by atoms with van der Waals surface area (Å²) < 4.78 is 14.9. The molecule has 83 valence electrons. The Balaban J connectivity index is 2.05. The van der Waals surface area contributed by atoms with E-state index in [9.17, 15) is 4.39 Å². The van der Waals surface area contributed by atoms with Crippen molar-refractivity contribution in [2.45, 2.75) is 12.8 Å². The highest BCUT2D eigenvalue weighted by atomic mass is 19.1. The molecule has 0 saturated carbocycles. The lowest BCUT2D eigenvalue weighted by Gasteiger charge is -2.26. The molecule has 0 unspecified atom stereocenters. The van der Waals surface area contributed by atoms with Gasteiger partial charge in [-0.05, 0) is 31.4 Å². The van der Waals surface area contributed by atoms with E-state index in [-0.39, 0.29) is 5.82 Å². The molecule has 3 heterocycles. The van der Waals surface area contributed by atoms with E-state index >= 15 is 0 Å². The van der Waals surface area contributed by atoms with Gasteiger partial charge in [0.15, 0.2) is 5.65 Å². The van der Waals surface area contributed by atoms with Gasteiger partial charge in [0.1, 0.15) is 5.82 Å². The van der Waals surface area contributed by atoms with Crippen molar-refractivity contribution in [3.63, 3.8) is 0 Å². The Bertz CT molecular complexity index is 502. The van der Waals surface area contributed by atoms with Crippen LogP contribution in [0, 0.1) is 12.2 Å². The summed E-state index contributed by atoms with van der Waals surface area (Å²) in [5, 5.41) is 8.14. The Kier molecular flexibility index (Phi) is 2.23. The van der Waals surface area contributed by atoms with Crippen LogP contribution in [-0.2, 0) is 0 Å². The second kappa shape index (κ2) is 3.73. The van der Waals surface area contributed by atoms with Gasteiger partial charge in [0.05, 0.1) is 0 Å². The second-order valence-electron chi connectivity index (χ2n) is 3.95. The number of hydrogen-bond acceptors (Lipinski definition) is 3. The number of piperidine rings is 1. The van der Waals surface area contributed by atoms with Gasteiger partial charge in [0, 0.05) is 19.3 Å². The number of rotatable bonds is 1. The SMILES string of the molecule is Fc1ccc2nnc(N3C[CH]CCC3)n2c1. The molecule has 2 aromatic rings. The minimum atomic E-state index is -0.269. The van der Waals surface area contributed by atoms with Gasteiger partial charge in [0.2, 0.25) is 5.95 Å². The van der Waals surface area contributed by atoms with E-state index in [1.54, 1.807) is 10.5 Å². The molecule has 1 fully saturated rings. The molecule has 0 bridgehead atoms. The van der Waals surface area contributed by atoms with Crippen molar-refractivity contribution >= 4 is 11.6 Å². The van der Waals surface area contributed by atoms with E-state index in [2.05, 4.69) is 21.5 Å². The van der Waals surface area contributed by atoms with Gasteiger partial charge in [0.25, 0.3) is 0 Å². The summed E-state index contributed by atoms with van der Waals surface area (Å²) >= 11 is 0. The zero-order valence-electron chi connectivity index (χ0n) is 8.80. The van der Waals surface area contributed by atoms with Crippen molar-refractivity contribution in [1.82, 2.24) is 14.6 Å². The monoisotopic (exact) mass is 219 g/mol. The summed E-state index contributed by atoms with van der Waals surface area (Å²) in [4.78, 5) is 2.11. The number of nitrogens with zero attached hydrogens (tertiary/aromatic N) is 4. The number of pyridine rings is 1. The molecule has 0 spiro atoms. The highest BCUT2D eigenvalue weighted by Crippen LogP contribution is 2.18. The number of anilines is 1. The van der Waals surface area contributed by atoms with Gasteiger partial charge < -0.3 is 4.90 Å². The number of fused-ring (bicyclic) bond motifs is 1. The number of halogens is 1. The lowest BCUT2D eigenvalue weighted by atomic mass is 10.1. The van der Waals surface area contributed by atoms with Crippen LogP contribution in [0.2, 0.25) is 0 Å². The molecule has 1 aliphatic heterocycles. The third-order valence-corrected chi connectivity index (χ3v) is 2.82. The summed E-state index contributed by atoms with van der Waals surface area (Å²) in [5.74, 6) is 0.458. The Labute approximate surface area is 92.7 Å². The van der Waals surface area contributed by atoms with Gasteiger partial charge in [-0.25, -0.2) is 4.39 Å². The zero-order chi connectivity index (χ0) is 11.0. The van der Waals surface area contributed by atoms with E-state index in [1.165, 1.54) is 12.3 Å². The maximum absolute atomic E-state index is 13.2. The second-order valence-corrected chi connectivity index (χ2v) is 3.95. The van der Waals surface area contributed by atoms with Crippen molar-refractivity contribution in [2.24, 2.45) is 0 Å². The van der Waals surface area contributed by atoms with Crippen LogP contribution in [0.4, 0.5) is 10.3 Å². The van der Waals surface area contributed by atoms with Crippen LogP contribution in [0.5, 0.6) is 0 Å². The number of hydrogen-bond donors (Lipinski definition) is 0. The first-order chi connectivity index (χ1) is 7.84. The van der Waals surface area contributed by atoms with Gasteiger partial charge >= 0.3 is 0 Å². The third kappa shape index (κ3) is 1.52. The lowest BCUT2D eigenvalue weighted by Crippen LogP contribution is -2.31. The molecule has 0 atom stereocenters. The standard InChI is InChI=1S/C11H12FN4/c12-9-4-5-10-13-14-11(16(10)8-9)15-6-2-1-3-7-15/h2,4-5,8H,1,3,6-7H2. The summed E-state index contributed by atoms with van der Waals surface area (Å²) in [5.41, 5.74) is 0.682. The highest BCUT2D eigenvalue weighted by molar-refractivity contribution is 5.46. The van der Waals surface area contributed by atoms with Crippen molar-refractivity contribution in [2.75, 3.05) is 18.0 Å². The molecule has 2 aromatic heterocycles. The molecule has 4 nitrogen and oxygen atoms in total. The summed E-state index contributed by atoms with van der Waals surface area (Å²) in [7, 11) is 0. The Morgan fingerprint density at radius 2 is 2.19 bits per heavy atom. The van der Waals surface area contributed by atoms with E-state index in [0.717, 1.165) is 31.9 Å². The molecule has 0 N–H and O–H groups in total. The average molecular weight is 219 g/mol. The fourth-order valence-electron chi connectivity index (χ4n) is 2.01. The molecule has 1 radical (unpaired) electrons. The number of aromatic nitrogens is 3. The molecular formula is C11H12FN4. The predicted octanol–water partition coefficient (Wildman–Crippen LogP) is 1.67. The van der Waals surface area contributed by atoms with Crippen LogP contribution in [0.15, 0.2) is 18.3 Å².